The molecule has 0 spiro atoms. The second kappa shape index (κ2) is 4.92. The van der Waals surface area contributed by atoms with Gasteiger partial charge in [0.25, 0.3) is 0 Å². The van der Waals surface area contributed by atoms with E-state index in [2.05, 4.69) is 11.8 Å². The Morgan fingerprint density at radius 3 is 2.71 bits per heavy atom. The molecule has 1 aromatic heterocycles. The Balaban J connectivity index is 1.95. The largest absolute Gasteiger partial charge is 0.481 e. The fourth-order valence-electron chi connectivity index (χ4n) is 2.44. The second-order valence-corrected chi connectivity index (χ2v) is 4.84. The molecular weight excluding hydrogens is 218 g/mol. The summed E-state index contributed by atoms with van der Waals surface area (Å²) in [5.74, 6) is 1.21. The molecule has 1 aliphatic heterocycles. The van der Waals surface area contributed by atoms with Crippen LogP contribution in [0, 0.1) is 11.8 Å². The molecule has 0 amide bonds. The highest BCUT2D eigenvalue weighted by molar-refractivity contribution is 5.71. The summed E-state index contributed by atoms with van der Waals surface area (Å²) in [6, 6.07) is 3.97. The van der Waals surface area contributed by atoms with Gasteiger partial charge in [-0.1, -0.05) is 13.8 Å². The van der Waals surface area contributed by atoms with Crippen LogP contribution in [0.4, 0.5) is 0 Å². The lowest BCUT2D eigenvalue weighted by atomic mass is 9.99. The Labute approximate surface area is 101 Å². The van der Waals surface area contributed by atoms with E-state index in [4.69, 9.17) is 9.52 Å². The zero-order valence-corrected chi connectivity index (χ0v) is 10.3. The zero-order chi connectivity index (χ0) is 12.4. The van der Waals surface area contributed by atoms with Crippen molar-refractivity contribution >= 4 is 5.97 Å². The predicted molar refractivity (Wildman–Crippen MR) is 63.7 cm³/mol. The van der Waals surface area contributed by atoms with Crippen molar-refractivity contribution in [2.45, 2.75) is 26.8 Å². The Bertz CT molecular complexity index is 399. The van der Waals surface area contributed by atoms with E-state index in [-0.39, 0.29) is 11.8 Å². The molecule has 17 heavy (non-hydrogen) atoms. The minimum atomic E-state index is -0.686. The molecule has 1 saturated heterocycles. The summed E-state index contributed by atoms with van der Waals surface area (Å²) in [7, 11) is 0. The number of aliphatic carboxylic acids is 1. The lowest BCUT2D eigenvalue weighted by molar-refractivity contribution is -0.142. The monoisotopic (exact) mass is 237 g/mol. The lowest BCUT2D eigenvalue weighted by Gasteiger charge is -2.12. The minimum Gasteiger partial charge on any atom is -0.481 e. The first kappa shape index (κ1) is 12.2. The van der Waals surface area contributed by atoms with Gasteiger partial charge in [-0.3, -0.25) is 9.69 Å². The van der Waals surface area contributed by atoms with Gasteiger partial charge in [-0.15, -0.1) is 0 Å². The summed E-state index contributed by atoms with van der Waals surface area (Å²) in [5, 5.41) is 9.06. The third kappa shape index (κ3) is 2.69. The molecule has 1 aromatic rings. The number of carboxylic acid groups (broad SMARTS) is 1. The first-order chi connectivity index (χ1) is 8.10. The number of carboxylic acids is 1. The molecule has 0 saturated carbocycles. The Morgan fingerprint density at radius 2 is 2.18 bits per heavy atom. The van der Waals surface area contributed by atoms with Crippen molar-refractivity contribution in [3.05, 3.63) is 23.7 Å². The maximum atomic E-state index is 11.0. The molecule has 1 aliphatic rings. The van der Waals surface area contributed by atoms with E-state index >= 15 is 0 Å². The number of likely N-dealkylation sites (tertiary alicyclic amines) is 1. The fourth-order valence-corrected chi connectivity index (χ4v) is 2.44. The van der Waals surface area contributed by atoms with Crippen molar-refractivity contribution in [3.8, 4) is 0 Å². The first-order valence-corrected chi connectivity index (χ1v) is 6.13. The average Bonchev–Trinajstić information content (AvgIpc) is 2.85. The standard InChI is InChI=1S/C13H19NO3/c1-3-10-4-5-11(17-10)7-14-6-9(2)12(8-14)13(15)16/h4-5,9,12H,3,6-8H2,1-2H3,(H,15,16)/t9-,12-/m1/s1. The van der Waals surface area contributed by atoms with Gasteiger partial charge in [-0.2, -0.15) is 0 Å². The van der Waals surface area contributed by atoms with Crippen LogP contribution in [0.15, 0.2) is 16.5 Å². The Kier molecular flexibility index (Phi) is 3.52. The van der Waals surface area contributed by atoms with E-state index in [1.807, 2.05) is 19.1 Å². The van der Waals surface area contributed by atoms with Crippen LogP contribution in [0.1, 0.15) is 25.4 Å². The highest BCUT2D eigenvalue weighted by Gasteiger charge is 2.34. The first-order valence-electron chi connectivity index (χ1n) is 6.13. The number of carbonyl (C=O) groups is 1. The van der Waals surface area contributed by atoms with E-state index in [1.165, 1.54) is 0 Å². The van der Waals surface area contributed by atoms with Crippen LogP contribution < -0.4 is 0 Å². The molecule has 0 radical (unpaired) electrons. The van der Waals surface area contributed by atoms with Crippen molar-refractivity contribution in [2.75, 3.05) is 13.1 Å². The van der Waals surface area contributed by atoms with Crippen molar-refractivity contribution in [1.82, 2.24) is 4.90 Å². The quantitative estimate of drug-likeness (QED) is 0.870. The average molecular weight is 237 g/mol. The van der Waals surface area contributed by atoms with Crippen LogP contribution in [0.3, 0.4) is 0 Å². The summed E-state index contributed by atoms with van der Waals surface area (Å²) in [4.78, 5) is 13.2. The maximum Gasteiger partial charge on any atom is 0.308 e. The summed E-state index contributed by atoms with van der Waals surface area (Å²) in [6.45, 7) is 6.23. The second-order valence-electron chi connectivity index (χ2n) is 4.84. The Hall–Kier alpha value is -1.29. The molecule has 0 aliphatic carbocycles. The number of rotatable bonds is 4. The topological polar surface area (TPSA) is 53.7 Å². The van der Waals surface area contributed by atoms with Gasteiger partial charge >= 0.3 is 5.97 Å². The molecule has 0 unspecified atom stereocenters. The zero-order valence-electron chi connectivity index (χ0n) is 10.3. The molecule has 0 aromatic carbocycles. The predicted octanol–water partition coefficient (Wildman–Crippen LogP) is 1.99. The Morgan fingerprint density at radius 1 is 1.47 bits per heavy atom. The molecule has 2 rings (SSSR count). The van der Waals surface area contributed by atoms with Gasteiger partial charge in [0.2, 0.25) is 0 Å². The van der Waals surface area contributed by atoms with Crippen LogP contribution in [0.5, 0.6) is 0 Å². The van der Waals surface area contributed by atoms with Crippen LogP contribution >= 0.6 is 0 Å². The summed E-state index contributed by atoms with van der Waals surface area (Å²) in [5.41, 5.74) is 0. The molecule has 0 bridgehead atoms. The smallest absolute Gasteiger partial charge is 0.308 e. The van der Waals surface area contributed by atoms with E-state index < -0.39 is 5.97 Å². The summed E-state index contributed by atoms with van der Waals surface area (Å²) in [6.07, 6.45) is 0.897. The number of nitrogens with zero attached hydrogens (tertiary/aromatic N) is 1. The van der Waals surface area contributed by atoms with Crippen LogP contribution in [-0.2, 0) is 17.8 Å². The number of furan rings is 1. The third-order valence-electron chi connectivity index (χ3n) is 3.45. The van der Waals surface area contributed by atoms with Gasteiger partial charge in [0.15, 0.2) is 0 Å². The highest BCUT2D eigenvalue weighted by atomic mass is 16.4. The molecule has 1 N–H and O–H groups in total. The van der Waals surface area contributed by atoms with Crippen molar-refractivity contribution < 1.29 is 14.3 Å². The maximum absolute atomic E-state index is 11.0. The molecule has 2 atom stereocenters. The van der Waals surface area contributed by atoms with E-state index in [9.17, 15) is 4.79 Å². The molecular formula is C13H19NO3. The van der Waals surface area contributed by atoms with E-state index in [0.717, 1.165) is 24.5 Å². The van der Waals surface area contributed by atoms with Crippen molar-refractivity contribution in [2.24, 2.45) is 11.8 Å². The summed E-state index contributed by atoms with van der Waals surface area (Å²) >= 11 is 0. The van der Waals surface area contributed by atoms with Crippen LogP contribution in [0.25, 0.3) is 0 Å². The molecule has 2 heterocycles. The van der Waals surface area contributed by atoms with Gasteiger partial charge in [0.05, 0.1) is 12.5 Å². The number of hydrogen-bond donors (Lipinski definition) is 1. The number of aryl methyl sites for hydroxylation is 1. The highest BCUT2D eigenvalue weighted by Crippen LogP contribution is 2.25. The van der Waals surface area contributed by atoms with Crippen molar-refractivity contribution in [1.29, 1.82) is 0 Å². The SMILES string of the molecule is CCc1ccc(CN2C[C@@H](C)[C@H](C(=O)O)C2)o1. The summed E-state index contributed by atoms with van der Waals surface area (Å²) < 4.78 is 5.64. The van der Waals surface area contributed by atoms with Gasteiger partial charge in [-0.05, 0) is 18.1 Å². The van der Waals surface area contributed by atoms with Crippen LogP contribution in [0.2, 0.25) is 0 Å². The molecule has 1 fully saturated rings. The molecule has 4 nitrogen and oxygen atoms in total. The normalized spacial score (nSPS) is 25.3. The third-order valence-corrected chi connectivity index (χ3v) is 3.45. The van der Waals surface area contributed by atoms with Gasteiger partial charge in [0, 0.05) is 19.5 Å². The lowest BCUT2D eigenvalue weighted by Crippen LogP contribution is -2.22. The van der Waals surface area contributed by atoms with E-state index in [1.54, 1.807) is 0 Å². The molecule has 4 heteroatoms. The van der Waals surface area contributed by atoms with Crippen LogP contribution in [-0.4, -0.2) is 29.1 Å². The number of hydrogen-bond acceptors (Lipinski definition) is 3. The minimum absolute atomic E-state index is 0.216. The van der Waals surface area contributed by atoms with Gasteiger partial charge < -0.3 is 9.52 Å². The van der Waals surface area contributed by atoms with Crippen molar-refractivity contribution in [3.63, 3.8) is 0 Å². The van der Waals surface area contributed by atoms with Gasteiger partial charge in [-0.25, -0.2) is 0 Å². The van der Waals surface area contributed by atoms with E-state index in [0.29, 0.717) is 13.1 Å². The van der Waals surface area contributed by atoms with Gasteiger partial charge in [0.1, 0.15) is 11.5 Å². The fraction of sp³-hybridized carbons (Fsp3) is 0.615. The molecule has 94 valence electrons.